The van der Waals surface area contributed by atoms with Crippen LogP contribution in [0.15, 0.2) is 18.2 Å². The van der Waals surface area contributed by atoms with Crippen LogP contribution in [0.25, 0.3) is 0 Å². The number of carbonyl (C=O) groups excluding carboxylic acids is 1. The molecule has 0 saturated carbocycles. The number of aldehydes is 1. The summed E-state index contributed by atoms with van der Waals surface area (Å²) in [6, 6.07) is 6.30. The molecule has 2 aliphatic rings. The summed E-state index contributed by atoms with van der Waals surface area (Å²) in [5.74, 6) is 1.77. The van der Waals surface area contributed by atoms with E-state index in [1.165, 1.54) is 57.5 Å². The van der Waals surface area contributed by atoms with Gasteiger partial charge in [-0.05, 0) is 62.9 Å². The third kappa shape index (κ3) is 5.99. The number of fused-ring (bicyclic) bond motifs is 1. The van der Waals surface area contributed by atoms with Gasteiger partial charge in [0.05, 0.1) is 0 Å². The van der Waals surface area contributed by atoms with Crippen molar-refractivity contribution in [3.05, 3.63) is 23.8 Å². The van der Waals surface area contributed by atoms with E-state index in [4.69, 9.17) is 9.47 Å². The van der Waals surface area contributed by atoms with Gasteiger partial charge in [0.15, 0.2) is 11.5 Å². The number of unbranched alkanes of at least 4 members (excludes halogenated alkanes) is 4. The van der Waals surface area contributed by atoms with Gasteiger partial charge in [0.25, 0.3) is 0 Å². The molecule has 0 aliphatic carbocycles. The molecule has 1 aromatic rings. The maximum absolute atomic E-state index is 10.3. The monoisotopic (exact) mass is 360 g/mol. The molecule has 0 atom stereocenters. The molecule has 26 heavy (non-hydrogen) atoms. The molecule has 0 aromatic heterocycles. The third-order valence-electron chi connectivity index (χ3n) is 5.39. The van der Waals surface area contributed by atoms with Gasteiger partial charge in [0.1, 0.15) is 6.29 Å². The van der Waals surface area contributed by atoms with Gasteiger partial charge in [0.2, 0.25) is 6.79 Å². The van der Waals surface area contributed by atoms with E-state index in [1.807, 2.05) is 6.07 Å². The molecule has 0 N–H and O–H groups in total. The van der Waals surface area contributed by atoms with Gasteiger partial charge in [-0.1, -0.05) is 12.5 Å². The smallest absolute Gasteiger partial charge is 0.231 e. The van der Waals surface area contributed by atoms with Gasteiger partial charge in [-0.3, -0.25) is 0 Å². The number of aryl methyl sites for hydroxylation is 1. The van der Waals surface area contributed by atoms with Gasteiger partial charge in [-0.2, -0.15) is 0 Å². The highest BCUT2D eigenvalue weighted by Gasteiger charge is 2.16. The van der Waals surface area contributed by atoms with Crippen LogP contribution >= 0.6 is 0 Å². The number of benzene rings is 1. The van der Waals surface area contributed by atoms with Crippen molar-refractivity contribution in [2.24, 2.45) is 0 Å². The fourth-order valence-corrected chi connectivity index (χ4v) is 3.74. The van der Waals surface area contributed by atoms with E-state index >= 15 is 0 Å². The second-order valence-corrected chi connectivity index (χ2v) is 7.34. The Labute approximate surface area is 157 Å². The van der Waals surface area contributed by atoms with Crippen molar-refractivity contribution in [1.29, 1.82) is 0 Å². The highest BCUT2D eigenvalue weighted by molar-refractivity contribution is 5.48. The van der Waals surface area contributed by atoms with Gasteiger partial charge in [-0.15, -0.1) is 0 Å². The summed E-state index contributed by atoms with van der Waals surface area (Å²) in [4.78, 5) is 15.5. The Morgan fingerprint density at radius 3 is 2.27 bits per heavy atom. The third-order valence-corrected chi connectivity index (χ3v) is 5.39. The lowest BCUT2D eigenvalue weighted by atomic mass is 10.1. The van der Waals surface area contributed by atoms with E-state index in [0.29, 0.717) is 13.2 Å². The van der Waals surface area contributed by atoms with Crippen LogP contribution in [0.4, 0.5) is 0 Å². The molecular weight excluding hydrogens is 328 g/mol. The summed E-state index contributed by atoms with van der Waals surface area (Å²) in [6.45, 7) is 7.46. The van der Waals surface area contributed by atoms with Crippen molar-refractivity contribution in [1.82, 2.24) is 9.80 Å². The van der Waals surface area contributed by atoms with Crippen molar-refractivity contribution in [3.8, 4) is 11.5 Å². The number of rotatable bonds is 11. The molecule has 0 amide bonds. The molecule has 0 unspecified atom stereocenters. The summed E-state index contributed by atoms with van der Waals surface area (Å²) in [6.07, 6.45) is 8.84. The minimum atomic E-state index is 0.352. The zero-order valence-electron chi connectivity index (χ0n) is 15.8. The van der Waals surface area contributed by atoms with Crippen LogP contribution in [0, 0.1) is 0 Å². The molecule has 1 fully saturated rings. The average Bonchev–Trinajstić information content (AvgIpc) is 3.14. The van der Waals surface area contributed by atoms with Crippen LogP contribution in [0.5, 0.6) is 11.5 Å². The zero-order valence-corrected chi connectivity index (χ0v) is 15.8. The molecule has 2 aliphatic heterocycles. The minimum absolute atomic E-state index is 0.352. The summed E-state index contributed by atoms with van der Waals surface area (Å²) >= 11 is 0. The molecule has 1 saturated heterocycles. The molecule has 144 valence electrons. The number of hydrogen-bond donors (Lipinski definition) is 0. The van der Waals surface area contributed by atoms with Crippen molar-refractivity contribution >= 4 is 6.29 Å². The summed E-state index contributed by atoms with van der Waals surface area (Å²) in [7, 11) is 0. The summed E-state index contributed by atoms with van der Waals surface area (Å²) in [5.41, 5.74) is 1.34. The number of nitrogens with zero attached hydrogens (tertiary/aromatic N) is 2. The van der Waals surface area contributed by atoms with Crippen LogP contribution in [-0.2, 0) is 11.2 Å². The van der Waals surface area contributed by atoms with E-state index in [2.05, 4.69) is 21.9 Å². The van der Waals surface area contributed by atoms with Crippen molar-refractivity contribution < 1.29 is 14.3 Å². The van der Waals surface area contributed by atoms with Crippen molar-refractivity contribution in [3.63, 3.8) is 0 Å². The molecular formula is C21H32N2O3. The average molecular weight is 360 g/mol. The topological polar surface area (TPSA) is 42.0 Å². The molecule has 0 spiro atoms. The molecule has 2 heterocycles. The van der Waals surface area contributed by atoms with Crippen LogP contribution in [-0.4, -0.2) is 62.1 Å². The second kappa shape index (κ2) is 10.5. The minimum Gasteiger partial charge on any atom is -0.454 e. The summed E-state index contributed by atoms with van der Waals surface area (Å²) in [5, 5.41) is 0. The van der Waals surface area contributed by atoms with E-state index in [0.717, 1.165) is 43.6 Å². The van der Waals surface area contributed by atoms with E-state index < -0.39 is 0 Å². The van der Waals surface area contributed by atoms with Crippen molar-refractivity contribution in [2.45, 2.75) is 44.9 Å². The Bertz CT molecular complexity index is 556. The molecule has 0 bridgehead atoms. The predicted octanol–water partition coefficient (Wildman–Crippen LogP) is 3.11. The lowest BCUT2D eigenvalue weighted by Gasteiger charge is -2.34. The van der Waals surface area contributed by atoms with E-state index in [9.17, 15) is 4.79 Å². The van der Waals surface area contributed by atoms with Gasteiger partial charge >= 0.3 is 0 Å². The van der Waals surface area contributed by atoms with Crippen LogP contribution in [0.3, 0.4) is 0 Å². The normalized spacial score (nSPS) is 17.5. The standard InChI is InChI=1S/C21H32N2O3/c24-16-6-2-5-11-23-14-12-22(13-15-23)10-4-1-3-7-19-8-9-20-21(17-19)26-18-25-20/h8-9,16-17H,1-7,10-15,18H2. The Morgan fingerprint density at radius 2 is 1.54 bits per heavy atom. The van der Waals surface area contributed by atoms with Crippen LogP contribution < -0.4 is 9.47 Å². The molecule has 0 radical (unpaired) electrons. The molecule has 3 rings (SSSR count). The van der Waals surface area contributed by atoms with Gasteiger partial charge < -0.3 is 24.1 Å². The fraction of sp³-hybridized carbons (Fsp3) is 0.667. The Balaban J connectivity index is 1.22. The SMILES string of the molecule is O=CCCCCN1CCN(CCCCCc2ccc3c(c2)OCO3)CC1. The fourth-order valence-electron chi connectivity index (χ4n) is 3.74. The second-order valence-electron chi connectivity index (χ2n) is 7.34. The van der Waals surface area contributed by atoms with Crippen LogP contribution in [0.2, 0.25) is 0 Å². The maximum atomic E-state index is 10.3. The largest absolute Gasteiger partial charge is 0.454 e. The van der Waals surface area contributed by atoms with Gasteiger partial charge in [0, 0.05) is 32.6 Å². The highest BCUT2D eigenvalue weighted by Crippen LogP contribution is 2.32. The maximum Gasteiger partial charge on any atom is 0.231 e. The van der Waals surface area contributed by atoms with Crippen molar-refractivity contribution in [2.75, 3.05) is 46.1 Å². The Kier molecular flexibility index (Phi) is 7.77. The first-order valence-electron chi connectivity index (χ1n) is 10.1. The van der Waals surface area contributed by atoms with Crippen LogP contribution in [0.1, 0.15) is 44.1 Å². The molecule has 1 aromatic carbocycles. The number of hydrogen-bond acceptors (Lipinski definition) is 5. The lowest BCUT2D eigenvalue weighted by Crippen LogP contribution is -2.46. The number of piperazine rings is 1. The number of ether oxygens (including phenoxy) is 2. The molecule has 5 heteroatoms. The Morgan fingerprint density at radius 1 is 0.846 bits per heavy atom. The zero-order chi connectivity index (χ0) is 18.0. The Hall–Kier alpha value is -1.59. The van der Waals surface area contributed by atoms with E-state index in [-0.39, 0.29) is 0 Å². The van der Waals surface area contributed by atoms with E-state index in [1.54, 1.807) is 0 Å². The highest BCUT2D eigenvalue weighted by atomic mass is 16.7. The number of carbonyl (C=O) groups is 1. The first kappa shape index (κ1) is 19.2. The first-order chi connectivity index (χ1) is 12.8. The summed E-state index contributed by atoms with van der Waals surface area (Å²) < 4.78 is 10.8. The quantitative estimate of drug-likeness (QED) is 0.448. The van der Waals surface area contributed by atoms with Gasteiger partial charge in [-0.25, -0.2) is 0 Å². The predicted molar refractivity (Wildman–Crippen MR) is 103 cm³/mol. The lowest BCUT2D eigenvalue weighted by molar-refractivity contribution is -0.107. The first-order valence-corrected chi connectivity index (χ1v) is 10.1. The molecule has 5 nitrogen and oxygen atoms in total.